The first-order valence-corrected chi connectivity index (χ1v) is 11.8. The molecule has 10 nitrogen and oxygen atoms in total. The Morgan fingerprint density at radius 1 is 1.21 bits per heavy atom. The SMILES string of the molecule is C[C@H]1CCN(C(=O)CN2C(=O)N[C@@](C)(c3cccc(-n4cnnn4)c3)C2=O)c2ccccc2S1. The molecule has 0 radical (unpaired) electrons. The molecule has 11 heteroatoms. The molecule has 1 fully saturated rings. The maximum absolute atomic E-state index is 13.4. The van der Waals surface area contributed by atoms with Crippen LogP contribution in [0.2, 0.25) is 0 Å². The second-order valence-corrected chi connectivity index (χ2v) is 9.96. The van der Waals surface area contributed by atoms with Crippen LogP contribution < -0.4 is 10.2 Å². The minimum absolute atomic E-state index is 0.294. The van der Waals surface area contributed by atoms with E-state index in [0.29, 0.717) is 23.0 Å². The van der Waals surface area contributed by atoms with Crippen LogP contribution in [0.4, 0.5) is 10.5 Å². The number of amides is 4. The van der Waals surface area contributed by atoms with E-state index < -0.39 is 17.5 Å². The number of nitrogens with zero attached hydrogens (tertiary/aromatic N) is 6. The number of para-hydroxylation sites is 1. The number of hydrogen-bond donors (Lipinski definition) is 1. The Morgan fingerprint density at radius 2 is 2.03 bits per heavy atom. The summed E-state index contributed by atoms with van der Waals surface area (Å²) in [6, 6.07) is 14.2. The van der Waals surface area contributed by atoms with Crippen molar-refractivity contribution >= 4 is 35.3 Å². The molecule has 4 amide bonds. The van der Waals surface area contributed by atoms with E-state index in [1.54, 1.807) is 47.9 Å². The maximum atomic E-state index is 13.4. The van der Waals surface area contributed by atoms with Gasteiger partial charge in [0.05, 0.1) is 11.4 Å². The number of carbonyl (C=O) groups excluding carboxylic acids is 3. The van der Waals surface area contributed by atoms with Crippen LogP contribution in [0.5, 0.6) is 0 Å². The van der Waals surface area contributed by atoms with Crippen molar-refractivity contribution in [3.05, 3.63) is 60.4 Å². The van der Waals surface area contributed by atoms with E-state index in [4.69, 9.17) is 0 Å². The van der Waals surface area contributed by atoms with Crippen molar-refractivity contribution in [3.63, 3.8) is 0 Å². The van der Waals surface area contributed by atoms with Gasteiger partial charge in [0.25, 0.3) is 5.91 Å². The average molecular weight is 478 g/mol. The van der Waals surface area contributed by atoms with Crippen LogP contribution in [0.1, 0.15) is 25.8 Å². The van der Waals surface area contributed by atoms with Gasteiger partial charge in [0, 0.05) is 16.7 Å². The molecule has 5 rings (SSSR count). The molecule has 2 aliphatic heterocycles. The van der Waals surface area contributed by atoms with E-state index in [1.165, 1.54) is 11.0 Å². The van der Waals surface area contributed by atoms with Crippen molar-refractivity contribution in [1.82, 2.24) is 30.4 Å². The van der Waals surface area contributed by atoms with Crippen molar-refractivity contribution in [2.75, 3.05) is 18.0 Å². The molecule has 34 heavy (non-hydrogen) atoms. The minimum atomic E-state index is -1.32. The standard InChI is InChI=1S/C23H23N7O3S/c1-15-10-11-28(18-8-3-4-9-19(18)34-15)20(31)13-29-21(32)23(2,25-22(29)33)16-6-5-7-17(12-16)30-14-24-26-27-30/h3-9,12,14-15H,10-11,13H2,1-2H3,(H,25,33)/t15-,23-/m0/s1. The number of aromatic nitrogens is 4. The molecule has 0 bridgehead atoms. The number of nitrogens with one attached hydrogen (secondary N) is 1. The van der Waals surface area contributed by atoms with E-state index in [0.717, 1.165) is 21.9 Å². The lowest BCUT2D eigenvalue weighted by molar-refractivity contribution is -0.134. The number of hydrogen-bond acceptors (Lipinski definition) is 7. The minimum Gasteiger partial charge on any atom is -0.319 e. The predicted molar refractivity (Wildman–Crippen MR) is 125 cm³/mol. The molecule has 2 aliphatic rings. The Morgan fingerprint density at radius 3 is 2.82 bits per heavy atom. The third kappa shape index (κ3) is 3.81. The number of anilines is 1. The Labute approximate surface area is 200 Å². The van der Waals surface area contributed by atoms with Crippen LogP contribution in [0.25, 0.3) is 5.69 Å². The van der Waals surface area contributed by atoms with Gasteiger partial charge in [-0.25, -0.2) is 9.48 Å². The number of rotatable bonds is 4. The lowest BCUT2D eigenvalue weighted by Crippen LogP contribution is -2.45. The monoisotopic (exact) mass is 477 g/mol. The molecule has 174 valence electrons. The van der Waals surface area contributed by atoms with E-state index in [2.05, 4.69) is 27.8 Å². The van der Waals surface area contributed by atoms with Crippen LogP contribution in [0.15, 0.2) is 59.8 Å². The summed E-state index contributed by atoms with van der Waals surface area (Å²) in [5.74, 6) is -0.775. The molecule has 2 aromatic carbocycles. The van der Waals surface area contributed by atoms with Crippen molar-refractivity contribution < 1.29 is 14.4 Å². The quantitative estimate of drug-likeness (QED) is 0.574. The van der Waals surface area contributed by atoms with Crippen LogP contribution in [-0.2, 0) is 15.1 Å². The van der Waals surface area contributed by atoms with Gasteiger partial charge in [-0.2, -0.15) is 0 Å². The molecule has 0 unspecified atom stereocenters. The smallest absolute Gasteiger partial charge is 0.319 e. The third-order valence-electron chi connectivity index (χ3n) is 6.15. The molecule has 1 saturated heterocycles. The summed E-state index contributed by atoms with van der Waals surface area (Å²) in [6.45, 7) is 3.96. The summed E-state index contributed by atoms with van der Waals surface area (Å²) in [5.41, 5.74) is 0.709. The van der Waals surface area contributed by atoms with Gasteiger partial charge in [0.15, 0.2) is 0 Å². The van der Waals surface area contributed by atoms with Gasteiger partial charge in [-0.3, -0.25) is 14.5 Å². The Kier molecular flexibility index (Phi) is 5.56. The number of thioether (sulfide) groups is 1. The number of tetrazole rings is 1. The van der Waals surface area contributed by atoms with Gasteiger partial charge in [-0.1, -0.05) is 31.2 Å². The van der Waals surface area contributed by atoms with Gasteiger partial charge < -0.3 is 10.2 Å². The highest BCUT2D eigenvalue weighted by Crippen LogP contribution is 2.37. The topological polar surface area (TPSA) is 113 Å². The highest BCUT2D eigenvalue weighted by molar-refractivity contribution is 8.00. The number of carbonyl (C=O) groups is 3. The molecule has 1 N–H and O–H groups in total. The summed E-state index contributed by atoms with van der Waals surface area (Å²) in [5, 5.41) is 14.3. The molecule has 3 heterocycles. The lowest BCUT2D eigenvalue weighted by Gasteiger charge is -2.25. The van der Waals surface area contributed by atoms with Crippen molar-refractivity contribution in [2.45, 2.75) is 36.0 Å². The molecule has 3 aromatic rings. The molecule has 0 saturated carbocycles. The van der Waals surface area contributed by atoms with E-state index in [1.807, 2.05) is 24.3 Å². The maximum Gasteiger partial charge on any atom is 0.325 e. The van der Waals surface area contributed by atoms with Gasteiger partial charge in [-0.15, -0.1) is 16.9 Å². The van der Waals surface area contributed by atoms with Crippen LogP contribution in [0.3, 0.4) is 0 Å². The fourth-order valence-corrected chi connectivity index (χ4v) is 5.35. The van der Waals surface area contributed by atoms with E-state index in [9.17, 15) is 14.4 Å². The van der Waals surface area contributed by atoms with Crippen LogP contribution in [-0.4, -0.2) is 61.3 Å². The molecular weight excluding hydrogens is 454 g/mol. The van der Waals surface area contributed by atoms with Gasteiger partial charge in [0.2, 0.25) is 5.91 Å². The van der Waals surface area contributed by atoms with Crippen molar-refractivity contribution in [2.24, 2.45) is 0 Å². The molecule has 1 aromatic heterocycles. The summed E-state index contributed by atoms with van der Waals surface area (Å²) in [6.07, 6.45) is 2.26. The van der Waals surface area contributed by atoms with Gasteiger partial charge in [-0.05, 0) is 53.6 Å². The Balaban J connectivity index is 1.39. The largest absolute Gasteiger partial charge is 0.325 e. The van der Waals surface area contributed by atoms with Gasteiger partial charge >= 0.3 is 6.03 Å². The Hall–Kier alpha value is -3.73. The molecular formula is C23H23N7O3S. The lowest BCUT2D eigenvalue weighted by atomic mass is 9.91. The highest BCUT2D eigenvalue weighted by atomic mass is 32.2. The second kappa shape index (κ2) is 8.56. The average Bonchev–Trinajstić information content (AvgIpc) is 3.39. The number of urea groups is 1. The first-order chi connectivity index (χ1) is 16.4. The summed E-state index contributed by atoms with van der Waals surface area (Å²) >= 11 is 1.73. The summed E-state index contributed by atoms with van der Waals surface area (Å²) in [7, 11) is 0. The highest BCUT2D eigenvalue weighted by Gasteiger charge is 2.50. The number of fused-ring (bicyclic) bond motifs is 1. The third-order valence-corrected chi connectivity index (χ3v) is 7.39. The fourth-order valence-electron chi connectivity index (χ4n) is 4.24. The zero-order valence-corrected chi connectivity index (χ0v) is 19.5. The first-order valence-electron chi connectivity index (χ1n) is 10.9. The molecule has 0 aliphatic carbocycles. The molecule has 0 spiro atoms. The zero-order valence-electron chi connectivity index (χ0n) is 18.7. The predicted octanol–water partition coefficient (Wildman–Crippen LogP) is 2.35. The van der Waals surface area contributed by atoms with Crippen molar-refractivity contribution in [1.29, 1.82) is 0 Å². The summed E-state index contributed by atoms with van der Waals surface area (Å²) < 4.78 is 1.46. The number of imide groups is 1. The van der Waals surface area contributed by atoms with E-state index in [-0.39, 0.29) is 12.5 Å². The molecule has 2 atom stereocenters. The Bertz CT molecular complexity index is 1260. The first kappa shape index (κ1) is 22.1. The van der Waals surface area contributed by atoms with E-state index >= 15 is 0 Å². The normalized spacial score (nSPS) is 22.4. The summed E-state index contributed by atoms with van der Waals surface area (Å²) in [4.78, 5) is 43.3. The van der Waals surface area contributed by atoms with Crippen molar-refractivity contribution in [3.8, 4) is 5.69 Å². The fraction of sp³-hybridized carbons (Fsp3) is 0.304. The second-order valence-electron chi connectivity index (χ2n) is 8.48. The van der Waals surface area contributed by atoms with Crippen LogP contribution in [0, 0.1) is 0 Å². The zero-order chi connectivity index (χ0) is 23.9. The number of benzene rings is 2. The van der Waals surface area contributed by atoms with Gasteiger partial charge in [0.1, 0.15) is 18.4 Å². The van der Waals surface area contributed by atoms with Crippen LogP contribution >= 0.6 is 11.8 Å².